The van der Waals surface area contributed by atoms with Gasteiger partial charge in [-0.25, -0.2) is 4.99 Å². The van der Waals surface area contributed by atoms with E-state index in [9.17, 15) is 4.79 Å². The van der Waals surface area contributed by atoms with Crippen LogP contribution in [0.15, 0.2) is 9.98 Å². The van der Waals surface area contributed by atoms with Crippen LogP contribution in [0.25, 0.3) is 0 Å². The summed E-state index contributed by atoms with van der Waals surface area (Å²) < 4.78 is 5.36. The lowest BCUT2D eigenvalue weighted by Crippen LogP contribution is -2.30. The molecule has 1 aliphatic carbocycles. The normalized spacial score (nSPS) is 28.6. The van der Waals surface area contributed by atoms with E-state index in [0.29, 0.717) is 11.1 Å². The summed E-state index contributed by atoms with van der Waals surface area (Å²) in [6, 6.07) is 0. The van der Waals surface area contributed by atoms with E-state index in [1.807, 2.05) is 0 Å². The maximum absolute atomic E-state index is 12.0. The summed E-state index contributed by atoms with van der Waals surface area (Å²) in [5.41, 5.74) is 1.08. The van der Waals surface area contributed by atoms with Crippen LogP contribution in [0.1, 0.15) is 38.5 Å². The fourth-order valence-corrected chi connectivity index (χ4v) is 3.94. The first-order valence-corrected chi connectivity index (χ1v) is 8.22. The summed E-state index contributed by atoms with van der Waals surface area (Å²) in [4.78, 5) is 20.8. The highest BCUT2D eigenvalue weighted by molar-refractivity contribution is 8.13. The van der Waals surface area contributed by atoms with Crippen molar-refractivity contribution < 1.29 is 9.53 Å². The van der Waals surface area contributed by atoms with Gasteiger partial charge in [-0.1, -0.05) is 18.2 Å². The summed E-state index contributed by atoms with van der Waals surface area (Å²) in [6.07, 6.45) is 6.46. The second kappa shape index (κ2) is 6.18. The lowest BCUT2D eigenvalue weighted by Gasteiger charge is -2.25. The Morgan fingerprint density at radius 2 is 2.00 bits per heavy atom. The highest BCUT2D eigenvalue weighted by atomic mass is 32.2. The number of hydrogen-bond donors (Lipinski definition) is 0. The zero-order valence-corrected chi connectivity index (χ0v) is 12.0. The van der Waals surface area contributed by atoms with Gasteiger partial charge < -0.3 is 4.74 Å². The Morgan fingerprint density at radius 3 is 2.84 bits per heavy atom. The molecule has 0 N–H and O–H groups in total. The highest BCUT2D eigenvalue weighted by Gasteiger charge is 2.31. The predicted molar refractivity (Wildman–Crippen MR) is 77.8 cm³/mol. The largest absolute Gasteiger partial charge is 0.381 e. The van der Waals surface area contributed by atoms with Gasteiger partial charge in [0.05, 0.1) is 5.92 Å². The molecule has 2 aliphatic heterocycles. The third-order valence-corrected chi connectivity index (χ3v) is 5.19. The van der Waals surface area contributed by atoms with Crippen molar-refractivity contribution in [3.05, 3.63) is 0 Å². The van der Waals surface area contributed by atoms with Crippen molar-refractivity contribution in [1.29, 1.82) is 0 Å². The van der Waals surface area contributed by atoms with Gasteiger partial charge in [-0.05, 0) is 38.0 Å². The minimum atomic E-state index is 0.00109. The van der Waals surface area contributed by atoms with Crippen LogP contribution < -0.4 is 0 Å². The standard InChI is InChI=1S/C14H20N2O2S/c17-13-11-3-1-2-4-12(11)15-14(16-13)19-9-10-5-7-18-8-6-10/h10-11H,1-9H2. The van der Waals surface area contributed by atoms with Gasteiger partial charge >= 0.3 is 0 Å². The number of ether oxygens (including phenoxy) is 1. The van der Waals surface area contributed by atoms with Crippen LogP contribution in [0.3, 0.4) is 0 Å². The molecule has 0 aromatic carbocycles. The number of hydrogen-bond acceptors (Lipinski definition) is 4. The Bertz CT molecular complexity index is 414. The molecule has 0 aromatic rings. The van der Waals surface area contributed by atoms with Gasteiger partial charge in [0.1, 0.15) is 0 Å². The second-order valence-electron chi connectivity index (χ2n) is 5.50. The zero-order chi connectivity index (χ0) is 13.1. The Labute approximate surface area is 118 Å². The van der Waals surface area contributed by atoms with Crippen molar-refractivity contribution in [3.8, 4) is 0 Å². The molecule has 19 heavy (non-hydrogen) atoms. The number of amides is 1. The number of fused-ring (bicyclic) bond motifs is 1. The number of amidine groups is 1. The number of thioether (sulfide) groups is 1. The summed E-state index contributed by atoms with van der Waals surface area (Å²) in [6.45, 7) is 1.74. The summed E-state index contributed by atoms with van der Waals surface area (Å²) in [5.74, 6) is 1.73. The molecular formula is C14H20N2O2S. The predicted octanol–water partition coefficient (Wildman–Crippen LogP) is 2.67. The van der Waals surface area contributed by atoms with Gasteiger partial charge in [0, 0.05) is 24.7 Å². The van der Waals surface area contributed by atoms with Crippen molar-refractivity contribution >= 4 is 28.5 Å². The van der Waals surface area contributed by atoms with E-state index in [4.69, 9.17) is 4.74 Å². The summed E-state index contributed by atoms with van der Waals surface area (Å²) in [7, 11) is 0. The molecule has 2 fully saturated rings. The van der Waals surface area contributed by atoms with E-state index >= 15 is 0 Å². The molecule has 0 spiro atoms. The van der Waals surface area contributed by atoms with E-state index in [1.54, 1.807) is 11.8 Å². The fraction of sp³-hybridized carbons (Fsp3) is 0.786. The minimum absolute atomic E-state index is 0.00109. The molecule has 1 saturated carbocycles. The van der Waals surface area contributed by atoms with Gasteiger partial charge in [0.25, 0.3) is 5.91 Å². The average molecular weight is 280 g/mol. The van der Waals surface area contributed by atoms with Crippen LogP contribution in [0.5, 0.6) is 0 Å². The third kappa shape index (κ3) is 3.26. The zero-order valence-electron chi connectivity index (χ0n) is 11.1. The molecule has 1 saturated heterocycles. The smallest absolute Gasteiger partial charge is 0.256 e. The van der Waals surface area contributed by atoms with Gasteiger partial charge in [-0.2, -0.15) is 4.99 Å². The van der Waals surface area contributed by atoms with Crippen molar-refractivity contribution in [3.63, 3.8) is 0 Å². The van der Waals surface area contributed by atoms with E-state index in [2.05, 4.69) is 9.98 Å². The average Bonchev–Trinajstić information content (AvgIpc) is 2.46. The maximum atomic E-state index is 12.0. The van der Waals surface area contributed by atoms with Crippen molar-refractivity contribution in [2.24, 2.45) is 21.8 Å². The summed E-state index contributed by atoms with van der Waals surface area (Å²) >= 11 is 1.65. The first-order chi connectivity index (χ1) is 9.33. The molecule has 0 aromatic heterocycles. The molecule has 1 unspecified atom stereocenters. The molecule has 0 radical (unpaired) electrons. The molecular weight excluding hydrogens is 260 g/mol. The Hall–Kier alpha value is -0.680. The number of carbonyl (C=O) groups is 1. The molecule has 104 valence electrons. The first-order valence-electron chi connectivity index (χ1n) is 7.23. The van der Waals surface area contributed by atoms with Crippen LogP contribution in [0, 0.1) is 11.8 Å². The topological polar surface area (TPSA) is 51.0 Å². The van der Waals surface area contributed by atoms with Gasteiger partial charge in [0.2, 0.25) is 0 Å². The van der Waals surface area contributed by atoms with E-state index in [1.165, 1.54) is 6.42 Å². The Balaban J connectivity index is 1.58. The van der Waals surface area contributed by atoms with Gasteiger partial charge in [0.15, 0.2) is 5.17 Å². The van der Waals surface area contributed by atoms with Crippen LogP contribution in [0.2, 0.25) is 0 Å². The van der Waals surface area contributed by atoms with Crippen molar-refractivity contribution in [2.75, 3.05) is 19.0 Å². The fourth-order valence-electron chi connectivity index (χ4n) is 2.89. The van der Waals surface area contributed by atoms with Gasteiger partial charge in [-0.15, -0.1) is 0 Å². The van der Waals surface area contributed by atoms with Crippen LogP contribution in [0.4, 0.5) is 0 Å². The molecule has 1 amide bonds. The first kappa shape index (κ1) is 13.3. The molecule has 5 heteroatoms. The Morgan fingerprint density at radius 1 is 1.16 bits per heavy atom. The van der Waals surface area contributed by atoms with Crippen molar-refractivity contribution in [2.45, 2.75) is 38.5 Å². The number of nitrogens with zero attached hydrogens (tertiary/aromatic N) is 2. The molecule has 0 bridgehead atoms. The molecule has 3 rings (SSSR count). The Kier molecular flexibility index (Phi) is 4.33. The van der Waals surface area contributed by atoms with Crippen molar-refractivity contribution in [1.82, 2.24) is 0 Å². The van der Waals surface area contributed by atoms with Crippen LogP contribution in [-0.2, 0) is 9.53 Å². The molecule has 1 atom stereocenters. The maximum Gasteiger partial charge on any atom is 0.256 e. The van der Waals surface area contributed by atoms with Gasteiger partial charge in [-0.3, -0.25) is 4.79 Å². The SMILES string of the molecule is O=C1N=C(SCC2CCOCC2)N=C2CCCCC12. The van der Waals surface area contributed by atoms with E-state index < -0.39 is 0 Å². The van der Waals surface area contributed by atoms with Crippen LogP contribution in [-0.4, -0.2) is 35.8 Å². The molecule has 3 aliphatic rings. The highest BCUT2D eigenvalue weighted by Crippen LogP contribution is 2.29. The number of aliphatic imine (C=N–C) groups is 2. The summed E-state index contributed by atoms with van der Waals surface area (Å²) in [5, 5.41) is 0.699. The molecule has 4 nitrogen and oxygen atoms in total. The van der Waals surface area contributed by atoms with E-state index in [-0.39, 0.29) is 11.8 Å². The third-order valence-electron chi connectivity index (χ3n) is 4.11. The number of carbonyl (C=O) groups excluding carboxylic acids is 1. The lowest BCUT2D eigenvalue weighted by molar-refractivity contribution is -0.120. The molecule has 2 heterocycles. The monoisotopic (exact) mass is 280 g/mol. The second-order valence-corrected chi connectivity index (χ2v) is 6.49. The quantitative estimate of drug-likeness (QED) is 0.781. The minimum Gasteiger partial charge on any atom is -0.381 e. The van der Waals surface area contributed by atoms with Crippen LogP contribution >= 0.6 is 11.8 Å². The number of rotatable bonds is 2. The van der Waals surface area contributed by atoms with E-state index in [0.717, 1.165) is 56.8 Å². The lowest BCUT2D eigenvalue weighted by atomic mass is 9.86.